The molecule has 0 spiro atoms. The first kappa shape index (κ1) is 16.7. The van der Waals surface area contributed by atoms with Crippen molar-refractivity contribution in [2.75, 3.05) is 6.61 Å². The Morgan fingerprint density at radius 2 is 2.00 bits per heavy atom. The van der Waals surface area contributed by atoms with Gasteiger partial charge in [-0.1, -0.05) is 11.6 Å². The lowest BCUT2D eigenvalue weighted by molar-refractivity contribution is -0.128. The number of hydrogen-bond acceptors (Lipinski definition) is 3. The van der Waals surface area contributed by atoms with Gasteiger partial charge in [0.15, 0.2) is 6.61 Å². The van der Waals surface area contributed by atoms with Gasteiger partial charge in [0, 0.05) is 0 Å². The Morgan fingerprint density at radius 1 is 1.40 bits per heavy atom. The standard InChI is InChI=1S/C14H19ClFNO3/c1-13(2,14(3,4)19)17-12(18)8-20-11-6-5-9(16)7-10(11)15/h5-7,19H,8H2,1-4H3,(H,17,18). The summed E-state index contributed by atoms with van der Waals surface area (Å²) in [5.41, 5.74) is -1.91. The van der Waals surface area contributed by atoms with Crippen LogP contribution in [0.5, 0.6) is 5.75 Å². The third kappa shape index (κ3) is 4.35. The number of carbonyl (C=O) groups is 1. The number of rotatable bonds is 5. The second-order valence-corrected chi connectivity index (χ2v) is 6.00. The quantitative estimate of drug-likeness (QED) is 0.879. The summed E-state index contributed by atoms with van der Waals surface area (Å²) in [6, 6.07) is 3.65. The fourth-order valence-corrected chi connectivity index (χ4v) is 1.49. The summed E-state index contributed by atoms with van der Waals surface area (Å²) in [6.45, 7) is 6.34. The smallest absolute Gasteiger partial charge is 0.258 e. The molecule has 0 atom stereocenters. The lowest BCUT2D eigenvalue weighted by Gasteiger charge is -2.37. The van der Waals surface area contributed by atoms with Crippen molar-refractivity contribution in [1.82, 2.24) is 5.32 Å². The van der Waals surface area contributed by atoms with E-state index in [0.717, 1.165) is 6.07 Å². The second kappa shape index (κ2) is 5.97. The Balaban J connectivity index is 2.60. The second-order valence-electron chi connectivity index (χ2n) is 5.60. The fraction of sp³-hybridized carbons (Fsp3) is 0.500. The van der Waals surface area contributed by atoms with Crippen molar-refractivity contribution in [1.29, 1.82) is 0 Å². The van der Waals surface area contributed by atoms with E-state index in [0.29, 0.717) is 0 Å². The molecule has 6 heteroatoms. The number of hydrogen-bond donors (Lipinski definition) is 2. The summed E-state index contributed by atoms with van der Waals surface area (Å²) >= 11 is 5.78. The van der Waals surface area contributed by atoms with Gasteiger partial charge >= 0.3 is 0 Å². The maximum atomic E-state index is 12.9. The monoisotopic (exact) mass is 303 g/mol. The largest absolute Gasteiger partial charge is 0.482 e. The van der Waals surface area contributed by atoms with Gasteiger partial charge in [0.05, 0.1) is 16.2 Å². The maximum absolute atomic E-state index is 12.9. The predicted octanol–water partition coefficient (Wildman–Crippen LogP) is 2.52. The van der Waals surface area contributed by atoms with E-state index in [1.165, 1.54) is 12.1 Å². The van der Waals surface area contributed by atoms with Crippen LogP contribution in [0.4, 0.5) is 4.39 Å². The van der Waals surface area contributed by atoms with E-state index in [2.05, 4.69) is 5.32 Å². The SMILES string of the molecule is CC(C)(O)C(C)(C)NC(=O)COc1ccc(F)cc1Cl. The van der Waals surface area contributed by atoms with Crippen LogP contribution in [0, 0.1) is 5.82 Å². The fourth-order valence-electron chi connectivity index (χ4n) is 1.27. The Bertz CT molecular complexity index is 498. The molecule has 1 aromatic carbocycles. The zero-order valence-electron chi connectivity index (χ0n) is 12.0. The molecular formula is C14H19ClFNO3. The van der Waals surface area contributed by atoms with Gasteiger partial charge in [0.1, 0.15) is 11.6 Å². The Hall–Kier alpha value is -1.33. The molecule has 4 nitrogen and oxygen atoms in total. The highest BCUT2D eigenvalue weighted by molar-refractivity contribution is 6.32. The van der Waals surface area contributed by atoms with Gasteiger partial charge in [-0.2, -0.15) is 0 Å². The normalized spacial score (nSPS) is 12.2. The highest BCUT2D eigenvalue weighted by Gasteiger charge is 2.36. The van der Waals surface area contributed by atoms with Crippen molar-refractivity contribution in [3.8, 4) is 5.75 Å². The lowest BCUT2D eigenvalue weighted by Crippen LogP contribution is -2.58. The molecule has 112 valence electrons. The number of nitrogens with one attached hydrogen (secondary N) is 1. The molecule has 0 fully saturated rings. The summed E-state index contributed by atoms with van der Waals surface area (Å²) in [5.74, 6) is -0.656. The van der Waals surface area contributed by atoms with Crippen LogP contribution in [-0.2, 0) is 4.79 Å². The summed E-state index contributed by atoms with van der Waals surface area (Å²) < 4.78 is 18.1. The molecular weight excluding hydrogens is 285 g/mol. The molecule has 0 unspecified atom stereocenters. The molecule has 20 heavy (non-hydrogen) atoms. The molecule has 0 bridgehead atoms. The Morgan fingerprint density at radius 3 is 2.50 bits per heavy atom. The minimum absolute atomic E-state index is 0.0968. The summed E-state index contributed by atoms with van der Waals surface area (Å²) in [7, 11) is 0. The number of halogens is 2. The number of amides is 1. The van der Waals surface area contributed by atoms with Crippen LogP contribution in [0.25, 0.3) is 0 Å². The molecule has 1 aromatic rings. The molecule has 0 aliphatic rings. The molecule has 0 aromatic heterocycles. The minimum atomic E-state index is -1.09. The van der Waals surface area contributed by atoms with Gasteiger partial charge < -0.3 is 15.2 Å². The highest BCUT2D eigenvalue weighted by atomic mass is 35.5. The molecule has 1 amide bonds. The van der Waals surface area contributed by atoms with Crippen LogP contribution >= 0.6 is 11.6 Å². The van der Waals surface area contributed by atoms with Crippen molar-refractivity contribution >= 4 is 17.5 Å². The van der Waals surface area contributed by atoms with E-state index in [1.54, 1.807) is 27.7 Å². The maximum Gasteiger partial charge on any atom is 0.258 e. The first-order valence-corrected chi connectivity index (χ1v) is 6.52. The Kier molecular flexibility index (Phi) is 5.00. The molecule has 0 heterocycles. The zero-order chi connectivity index (χ0) is 15.6. The van der Waals surface area contributed by atoms with Crippen LogP contribution in [-0.4, -0.2) is 28.8 Å². The highest BCUT2D eigenvalue weighted by Crippen LogP contribution is 2.25. The number of aliphatic hydroxyl groups is 1. The summed E-state index contributed by atoms with van der Waals surface area (Å²) in [6.07, 6.45) is 0. The van der Waals surface area contributed by atoms with Crippen LogP contribution in [0.2, 0.25) is 5.02 Å². The van der Waals surface area contributed by atoms with Crippen LogP contribution in [0.3, 0.4) is 0 Å². The average molecular weight is 304 g/mol. The first-order valence-electron chi connectivity index (χ1n) is 6.14. The third-order valence-corrected chi connectivity index (χ3v) is 3.53. The van der Waals surface area contributed by atoms with E-state index >= 15 is 0 Å². The Labute approximate surface area is 122 Å². The van der Waals surface area contributed by atoms with Gasteiger partial charge in [-0.3, -0.25) is 4.79 Å². The first-order chi connectivity index (χ1) is 9.03. The van der Waals surface area contributed by atoms with Gasteiger partial charge in [0.2, 0.25) is 0 Å². The molecule has 0 aliphatic heterocycles. The molecule has 0 radical (unpaired) electrons. The van der Waals surface area contributed by atoms with Crippen LogP contribution in [0.1, 0.15) is 27.7 Å². The van der Waals surface area contributed by atoms with Gasteiger partial charge in [-0.15, -0.1) is 0 Å². The number of ether oxygens (including phenoxy) is 1. The summed E-state index contributed by atoms with van der Waals surface area (Å²) in [5, 5.41) is 12.7. The summed E-state index contributed by atoms with van der Waals surface area (Å²) in [4.78, 5) is 11.8. The van der Waals surface area contributed by atoms with E-state index in [1.807, 2.05) is 0 Å². The number of benzene rings is 1. The molecule has 0 aliphatic carbocycles. The van der Waals surface area contributed by atoms with Gasteiger partial charge in [-0.05, 0) is 45.9 Å². The lowest BCUT2D eigenvalue weighted by atomic mass is 9.86. The molecule has 1 rings (SSSR count). The van der Waals surface area contributed by atoms with Gasteiger partial charge in [0.25, 0.3) is 5.91 Å². The minimum Gasteiger partial charge on any atom is -0.482 e. The van der Waals surface area contributed by atoms with Crippen molar-refractivity contribution < 1.29 is 19.0 Å². The predicted molar refractivity (Wildman–Crippen MR) is 75.4 cm³/mol. The van der Waals surface area contributed by atoms with E-state index in [-0.39, 0.29) is 17.4 Å². The van der Waals surface area contributed by atoms with E-state index < -0.39 is 22.9 Å². The molecule has 2 N–H and O–H groups in total. The topological polar surface area (TPSA) is 58.6 Å². The van der Waals surface area contributed by atoms with Gasteiger partial charge in [-0.25, -0.2) is 4.39 Å². The average Bonchev–Trinajstić information content (AvgIpc) is 2.25. The van der Waals surface area contributed by atoms with Crippen molar-refractivity contribution in [2.45, 2.75) is 38.8 Å². The number of carbonyl (C=O) groups excluding carboxylic acids is 1. The van der Waals surface area contributed by atoms with Crippen molar-refractivity contribution in [2.24, 2.45) is 0 Å². The molecule has 0 saturated carbocycles. The van der Waals surface area contributed by atoms with Crippen LogP contribution < -0.4 is 10.1 Å². The molecule has 0 saturated heterocycles. The van der Waals surface area contributed by atoms with E-state index in [9.17, 15) is 14.3 Å². The third-order valence-electron chi connectivity index (χ3n) is 3.23. The zero-order valence-corrected chi connectivity index (χ0v) is 12.7. The van der Waals surface area contributed by atoms with E-state index in [4.69, 9.17) is 16.3 Å². The van der Waals surface area contributed by atoms with Crippen molar-refractivity contribution in [3.63, 3.8) is 0 Å². The van der Waals surface area contributed by atoms with Crippen LogP contribution in [0.15, 0.2) is 18.2 Å². The van der Waals surface area contributed by atoms with Crippen molar-refractivity contribution in [3.05, 3.63) is 29.0 Å².